The van der Waals surface area contributed by atoms with Crippen LogP contribution in [0.1, 0.15) is 29.0 Å². The van der Waals surface area contributed by atoms with Gasteiger partial charge in [-0.15, -0.1) is 11.6 Å². The van der Waals surface area contributed by atoms with Gasteiger partial charge in [-0.1, -0.05) is 37.3 Å². The number of alkyl halides is 1. The van der Waals surface area contributed by atoms with Crippen LogP contribution in [0, 0.1) is 11.6 Å². The molecular weight excluding hydrogens is 254 g/mol. The van der Waals surface area contributed by atoms with Gasteiger partial charge in [0, 0.05) is 0 Å². The molecule has 2 rings (SSSR count). The fraction of sp³-hybridized carbons (Fsp3) is 0.200. The van der Waals surface area contributed by atoms with E-state index in [1.807, 2.05) is 24.3 Å². The van der Waals surface area contributed by atoms with Crippen molar-refractivity contribution in [3.63, 3.8) is 0 Å². The van der Waals surface area contributed by atoms with Gasteiger partial charge in [-0.3, -0.25) is 0 Å². The molecule has 0 saturated carbocycles. The van der Waals surface area contributed by atoms with E-state index in [0.717, 1.165) is 24.1 Å². The first-order valence-corrected chi connectivity index (χ1v) is 6.23. The average Bonchev–Trinajstić information content (AvgIpc) is 2.41. The van der Waals surface area contributed by atoms with Gasteiger partial charge in [0.2, 0.25) is 0 Å². The van der Waals surface area contributed by atoms with Crippen LogP contribution < -0.4 is 0 Å². The summed E-state index contributed by atoms with van der Waals surface area (Å²) in [5.41, 5.74) is 2.65. The van der Waals surface area contributed by atoms with Crippen molar-refractivity contribution in [3.8, 4) is 0 Å². The lowest BCUT2D eigenvalue weighted by Gasteiger charge is -2.11. The van der Waals surface area contributed by atoms with E-state index < -0.39 is 17.0 Å². The number of hydrogen-bond donors (Lipinski definition) is 0. The van der Waals surface area contributed by atoms with Crippen molar-refractivity contribution in [2.45, 2.75) is 18.7 Å². The summed E-state index contributed by atoms with van der Waals surface area (Å²) in [5.74, 6) is -1.73. The van der Waals surface area contributed by atoms with Crippen molar-refractivity contribution in [3.05, 3.63) is 70.8 Å². The third-order valence-electron chi connectivity index (χ3n) is 2.92. The minimum atomic E-state index is -0.872. The van der Waals surface area contributed by atoms with Crippen LogP contribution in [0.2, 0.25) is 0 Å². The lowest BCUT2D eigenvalue weighted by molar-refractivity contribution is 0.507. The van der Waals surface area contributed by atoms with E-state index >= 15 is 0 Å². The predicted molar refractivity (Wildman–Crippen MR) is 69.9 cm³/mol. The zero-order valence-corrected chi connectivity index (χ0v) is 10.7. The summed E-state index contributed by atoms with van der Waals surface area (Å²) in [4.78, 5) is 0. The average molecular weight is 267 g/mol. The Kier molecular flexibility index (Phi) is 3.97. The van der Waals surface area contributed by atoms with Gasteiger partial charge in [-0.25, -0.2) is 8.78 Å². The Labute approximate surface area is 110 Å². The van der Waals surface area contributed by atoms with Crippen LogP contribution in [-0.4, -0.2) is 0 Å². The highest BCUT2D eigenvalue weighted by atomic mass is 35.5. The number of aryl methyl sites for hydroxylation is 1. The molecule has 3 heteroatoms. The molecule has 1 atom stereocenters. The highest BCUT2D eigenvalue weighted by Gasteiger charge is 2.13. The quantitative estimate of drug-likeness (QED) is 0.696. The fourth-order valence-corrected chi connectivity index (χ4v) is 2.07. The van der Waals surface area contributed by atoms with Crippen molar-refractivity contribution in [1.29, 1.82) is 0 Å². The molecule has 2 aromatic carbocycles. The van der Waals surface area contributed by atoms with E-state index in [2.05, 4.69) is 6.92 Å². The Bertz CT molecular complexity index is 535. The van der Waals surface area contributed by atoms with E-state index in [0.29, 0.717) is 5.56 Å². The zero-order chi connectivity index (χ0) is 13.1. The fourth-order valence-electron chi connectivity index (χ4n) is 1.78. The normalized spacial score (nSPS) is 12.4. The Morgan fingerprint density at radius 2 is 1.56 bits per heavy atom. The first-order valence-electron chi connectivity index (χ1n) is 5.79. The van der Waals surface area contributed by atoms with E-state index in [4.69, 9.17) is 11.6 Å². The maximum absolute atomic E-state index is 13.1. The van der Waals surface area contributed by atoms with Crippen molar-refractivity contribution < 1.29 is 8.78 Å². The van der Waals surface area contributed by atoms with E-state index in [1.165, 1.54) is 11.6 Å². The molecule has 0 aliphatic heterocycles. The zero-order valence-electron chi connectivity index (χ0n) is 9.96. The Morgan fingerprint density at radius 3 is 2.11 bits per heavy atom. The van der Waals surface area contributed by atoms with Gasteiger partial charge in [0.25, 0.3) is 0 Å². The van der Waals surface area contributed by atoms with Crippen LogP contribution >= 0.6 is 11.6 Å². The molecule has 0 saturated heterocycles. The SMILES string of the molecule is CCc1ccc(C(Cl)c2ccc(F)c(F)c2)cc1. The lowest BCUT2D eigenvalue weighted by Crippen LogP contribution is -1.96. The number of benzene rings is 2. The van der Waals surface area contributed by atoms with E-state index in [-0.39, 0.29) is 0 Å². The van der Waals surface area contributed by atoms with Gasteiger partial charge in [0.15, 0.2) is 11.6 Å². The second-order valence-electron chi connectivity index (χ2n) is 4.13. The maximum atomic E-state index is 13.1. The van der Waals surface area contributed by atoms with Crippen molar-refractivity contribution in [2.75, 3.05) is 0 Å². The Hall–Kier alpha value is -1.41. The number of hydrogen-bond acceptors (Lipinski definition) is 0. The van der Waals surface area contributed by atoms with Crippen molar-refractivity contribution >= 4 is 11.6 Å². The molecule has 0 fully saturated rings. The topological polar surface area (TPSA) is 0 Å². The summed E-state index contributed by atoms with van der Waals surface area (Å²) in [6.07, 6.45) is 0.957. The third kappa shape index (κ3) is 2.70. The second-order valence-corrected chi connectivity index (χ2v) is 4.57. The molecule has 0 spiro atoms. The number of rotatable bonds is 3. The first kappa shape index (κ1) is 13.0. The molecule has 0 N–H and O–H groups in total. The highest BCUT2D eigenvalue weighted by molar-refractivity contribution is 6.22. The standard InChI is InChI=1S/C15H13ClF2/c1-2-10-3-5-11(6-4-10)15(16)12-7-8-13(17)14(18)9-12/h3-9,15H,2H2,1H3. The minimum absolute atomic E-state index is 0.467. The molecule has 0 nitrogen and oxygen atoms in total. The Balaban J connectivity index is 2.28. The van der Waals surface area contributed by atoms with Crippen LogP contribution in [0.25, 0.3) is 0 Å². The first-order chi connectivity index (χ1) is 8.61. The molecule has 0 aliphatic rings. The molecule has 18 heavy (non-hydrogen) atoms. The summed E-state index contributed by atoms with van der Waals surface area (Å²) >= 11 is 6.26. The molecule has 0 heterocycles. The monoisotopic (exact) mass is 266 g/mol. The molecule has 0 aliphatic carbocycles. The summed E-state index contributed by atoms with van der Waals surface area (Å²) < 4.78 is 26.0. The molecule has 1 unspecified atom stereocenters. The van der Waals surface area contributed by atoms with Crippen LogP contribution in [0.3, 0.4) is 0 Å². The number of halogens is 3. The van der Waals surface area contributed by atoms with Gasteiger partial charge in [0.1, 0.15) is 0 Å². The molecule has 0 aromatic heterocycles. The maximum Gasteiger partial charge on any atom is 0.159 e. The summed E-state index contributed by atoms with van der Waals surface area (Å²) in [6.45, 7) is 2.07. The molecule has 0 radical (unpaired) electrons. The van der Waals surface area contributed by atoms with Gasteiger partial charge in [0.05, 0.1) is 5.38 Å². The van der Waals surface area contributed by atoms with Crippen LogP contribution in [-0.2, 0) is 6.42 Å². The highest BCUT2D eigenvalue weighted by Crippen LogP contribution is 2.29. The summed E-state index contributed by atoms with van der Waals surface area (Å²) in [5, 5.41) is -0.467. The van der Waals surface area contributed by atoms with Crippen molar-refractivity contribution in [2.24, 2.45) is 0 Å². The van der Waals surface area contributed by atoms with E-state index in [9.17, 15) is 8.78 Å². The third-order valence-corrected chi connectivity index (χ3v) is 3.42. The van der Waals surface area contributed by atoms with Crippen LogP contribution in [0.15, 0.2) is 42.5 Å². The largest absolute Gasteiger partial charge is 0.204 e. The summed E-state index contributed by atoms with van der Waals surface area (Å²) in [7, 11) is 0. The van der Waals surface area contributed by atoms with Crippen LogP contribution in [0.4, 0.5) is 8.78 Å². The summed E-state index contributed by atoms with van der Waals surface area (Å²) in [6, 6.07) is 11.6. The second kappa shape index (κ2) is 5.49. The molecule has 0 amide bonds. The van der Waals surface area contributed by atoms with Gasteiger partial charge in [-0.05, 0) is 35.2 Å². The lowest BCUT2D eigenvalue weighted by atomic mass is 10.0. The van der Waals surface area contributed by atoms with Crippen molar-refractivity contribution in [1.82, 2.24) is 0 Å². The predicted octanol–water partition coefficient (Wildman–Crippen LogP) is 4.86. The molecule has 2 aromatic rings. The smallest absolute Gasteiger partial charge is 0.159 e. The molecule has 94 valence electrons. The molecule has 0 bridgehead atoms. The Morgan fingerprint density at radius 1 is 0.944 bits per heavy atom. The van der Waals surface area contributed by atoms with Gasteiger partial charge >= 0.3 is 0 Å². The van der Waals surface area contributed by atoms with Gasteiger partial charge < -0.3 is 0 Å². The van der Waals surface area contributed by atoms with Crippen LogP contribution in [0.5, 0.6) is 0 Å². The van der Waals surface area contributed by atoms with E-state index in [1.54, 1.807) is 0 Å². The molecular formula is C15H13ClF2. The van der Waals surface area contributed by atoms with Gasteiger partial charge in [-0.2, -0.15) is 0 Å². The minimum Gasteiger partial charge on any atom is -0.204 e.